The van der Waals surface area contributed by atoms with Crippen LogP contribution in [0.1, 0.15) is 30.0 Å². The van der Waals surface area contributed by atoms with Crippen molar-refractivity contribution in [2.24, 2.45) is 5.73 Å². The first-order chi connectivity index (χ1) is 7.77. The summed E-state index contributed by atoms with van der Waals surface area (Å²) < 4.78 is 0. The predicted molar refractivity (Wildman–Crippen MR) is 61.8 cm³/mol. The van der Waals surface area contributed by atoms with Crippen LogP contribution in [0.2, 0.25) is 0 Å². The number of benzene rings is 1. The molecule has 1 aliphatic heterocycles. The molecule has 0 radical (unpaired) electrons. The second-order valence-electron chi connectivity index (χ2n) is 4.70. The quantitative estimate of drug-likeness (QED) is 0.718. The third-order valence-corrected chi connectivity index (χ3v) is 3.71. The highest BCUT2D eigenvalue weighted by Crippen LogP contribution is 2.36. The van der Waals surface area contributed by atoms with E-state index in [0.717, 1.165) is 19.4 Å². The molecule has 0 saturated carbocycles. The van der Waals surface area contributed by atoms with E-state index in [4.69, 9.17) is 5.73 Å². The van der Waals surface area contributed by atoms with Crippen LogP contribution in [0, 0.1) is 0 Å². The number of nitrogens with two attached hydrogens (primary N) is 1. The van der Waals surface area contributed by atoms with Gasteiger partial charge in [-0.1, -0.05) is 24.3 Å². The molecule has 1 aromatic carbocycles. The Balaban J connectivity index is 1.91. The topological polar surface area (TPSA) is 46.3 Å². The van der Waals surface area contributed by atoms with Crippen molar-refractivity contribution in [3.63, 3.8) is 0 Å². The summed E-state index contributed by atoms with van der Waals surface area (Å²) >= 11 is 0. The van der Waals surface area contributed by atoms with Crippen molar-refractivity contribution in [3.05, 3.63) is 35.4 Å². The van der Waals surface area contributed by atoms with E-state index >= 15 is 0 Å². The first kappa shape index (κ1) is 9.85. The maximum absolute atomic E-state index is 11.7. The number of nitrogens with zero attached hydrogens (tertiary/aromatic N) is 1. The summed E-state index contributed by atoms with van der Waals surface area (Å²) in [6.07, 6.45) is 3.39. The molecule has 3 heteroatoms. The van der Waals surface area contributed by atoms with Crippen molar-refractivity contribution in [3.8, 4) is 0 Å². The summed E-state index contributed by atoms with van der Waals surface area (Å²) in [4.78, 5) is 13.6. The molecule has 16 heavy (non-hydrogen) atoms. The lowest BCUT2D eigenvalue weighted by atomic mass is 9.85. The Hall–Kier alpha value is -1.35. The number of β-lactam (4-membered cyclic amide) rings is 1. The second-order valence-corrected chi connectivity index (χ2v) is 4.70. The summed E-state index contributed by atoms with van der Waals surface area (Å²) in [5.41, 5.74) is 8.37. The minimum atomic E-state index is -0.255. The van der Waals surface area contributed by atoms with Crippen molar-refractivity contribution in [2.75, 3.05) is 6.54 Å². The molecule has 0 spiro atoms. The van der Waals surface area contributed by atoms with Crippen LogP contribution in [-0.2, 0) is 11.2 Å². The maximum Gasteiger partial charge on any atom is 0.241 e. The minimum absolute atomic E-state index is 0.113. The van der Waals surface area contributed by atoms with Crippen LogP contribution in [0.25, 0.3) is 0 Å². The molecular weight excluding hydrogens is 200 g/mol. The van der Waals surface area contributed by atoms with Gasteiger partial charge < -0.3 is 10.6 Å². The minimum Gasteiger partial charge on any atom is -0.332 e. The van der Waals surface area contributed by atoms with Gasteiger partial charge in [0.1, 0.15) is 6.04 Å². The summed E-state index contributed by atoms with van der Waals surface area (Å²) in [7, 11) is 0. The van der Waals surface area contributed by atoms with E-state index < -0.39 is 0 Å². The Labute approximate surface area is 95.2 Å². The molecule has 2 atom stereocenters. The van der Waals surface area contributed by atoms with Gasteiger partial charge in [0.05, 0.1) is 6.04 Å². The molecule has 2 N–H and O–H groups in total. The molecule has 1 aliphatic carbocycles. The van der Waals surface area contributed by atoms with Crippen LogP contribution in [0.3, 0.4) is 0 Å². The molecule has 84 valence electrons. The van der Waals surface area contributed by atoms with Crippen LogP contribution in [-0.4, -0.2) is 23.4 Å². The Morgan fingerprint density at radius 1 is 1.31 bits per heavy atom. The highest BCUT2D eigenvalue weighted by Gasteiger charge is 2.40. The molecule has 1 aromatic rings. The van der Waals surface area contributed by atoms with Gasteiger partial charge in [0.25, 0.3) is 0 Å². The molecule has 0 bridgehead atoms. The molecule has 1 amide bonds. The van der Waals surface area contributed by atoms with Gasteiger partial charge in [-0.15, -0.1) is 0 Å². The highest BCUT2D eigenvalue weighted by molar-refractivity contribution is 5.88. The van der Waals surface area contributed by atoms with Crippen LogP contribution in [0.5, 0.6) is 0 Å². The normalized spacial score (nSPS) is 28.6. The Morgan fingerprint density at radius 3 is 2.88 bits per heavy atom. The third kappa shape index (κ3) is 1.35. The molecule has 1 saturated heterocycles. The molecule has 3 rings (SSSR count). The van der Waals surface area contributed by atoms with Crippen LogP contribution < -0.4 is 5.73 Å². The lowest BCUT2D eigenvalue weighted by Gasteiger charge is -2.44. The highest BCUT2D eigenvalue weighted by atomic mass is 16.2. The fourth-order valence-electron chi connectivity index (χ4n) is 2.81. The van der Waals surface area contributed by atoms with E-state index in [2.05, 4.69) is 24.3 Å². The monoisotopic (exact) mass is 216 g/mol. The van der Waals surface area contributed by atoms with Crippen molar-refractivity contribution in [1.29, 1.82) is 0 Å². The number of amides is 1. The predicted octanol–water partition coefficient (Wildman–Crippen LogP) is 1.23. The van der Waals surface area contributed by atoms with E-state index in [0.29, 0.717) is 0 Å². The number of likely N-dealkylation sites (tertiary alicyclic amines) is 1. The maximum atomic E-state index is 11.7. The molecule has 0 aromatic heterocycles. The number of hydrogen-bond acceptors (Lipinski definition) is 2. The molecule has 2 aliphatic rings. The zero-order valence-electron chi connectivity index (χ0n) is 9.23. The standard InChI is InChI=1S/C13H16N2O/c14-11-8-15(13(11)16)12-7-3-5-9-4-1-2-6-10(9)12/h1-2,4,6,11-12H,3,5,7-8,14H2. The fourth-order valence-corrected chi connectivity index (χ4v) is 2.81. The Morgan fingerprint density at radius 2 is 2.12 bits per heavy atom. The van der Waals surface area contributed by atoms with E-state index in [1.165, 1.54) is 17.5 Å². The Bertz CT molecular complexity index is 430. The average Bonchev–Trinajstić information content (AvgIpc) is 2.35. The van der Waals surface area contributed by atoms with Crippen LogP contribution >= 0.6 is 0 Å². The van der Waals surface area contributed by atoms with Crippen molar-refractivity contribution in [1.82, 2.24) is 4.90 Å². The van der Waals surface area contributed by atoms with Gasteiger partial charge in [-0.25, -0.2) is 0 Å². The van der Waals surface area contributed by atoms with Crippen molar-refractivity contribution in [2.45, 2.75) is 31.3 Å². The SMILES string of the molecule is NC1CN(C2CCCc3ccccc32)C1=O. The van der Waals surface area contributed by atoms with Crippen LogP contribution in [0.4, 0.5) is 0 Å². The number of rotatable bonds is 1. The molecular formula is C13H16N2O. The number of carbonyl (C=O) groups excluding carboxylic acids is 1. The second kappa shape index (κ2) is 3.59. The molecule has 3 nitrogen and oxygen atoms in total. The summed E-state index contributed by atoms with van der Waals surface area (Å²) in [6, 6.07) is 8.47. The van der Waals surface area contributed by atoms with E-state index in [-0.39, 0.29) is 18.0 Å². The zero-order chi connectivity index (χ0) is 11.1. The number of hydrogen-bond donors (Lipinski definition) is 1. The van der Waals surface area contributed by atoms with Gasteiger partial charge in [0, 0.05) is 6.54 Å². The van der Waals surface area contributed by atoms with Crippen molar-refractivity contribution < 1.29 is 4.79 Å². The molecule has 2 unspecified atom stereocenters. The van der Waals surface area contributed by atoms with Gasteiger partial charge in [-0.3, -0.25) is 4.79 Å². The fraction of sp³-hybridized carbons (Fsp3) is 0.462. The summed E-state index contributed by atoms with van der Waals surface area (Å²) in [5, 5.41) is 0. The first-order valence-electron chi connectivity index (χ1n) is 5.91. The van der Waals surface area contributed by atoms with Gasteiger partial charge in [0.2, 0.25) is 5.91 Å². The van der Waals surface area contributed by atoms with Crippen LogP contribution in [0.15, 0.2) is 24.3 Å². The van der Waals surface area contributed by atoms with E-state index in [1.807, 2.05) is 4.90 Å². The average molecular weight is 216 g/mol. The summed E-state index contributed by atoms with van der Waals surface area (Å²) in [6.45, 7) is 0.720. The Kier molecular flexibility index (Phi) is 2.21. The number of carbonyl (C=O) groups is 1. The largest absolute Gasteiger partial charge is 0.332 e. The third-order valence-electron chi connectivity index (χ3n) is 3.71. The molecule has 1 fully saturated rings. The molecule has 1 heterocycles. The van der Waals surface area contributed by atoms with E-state index in [1.54, 1.807) is 0 Å². The van der Waals surface area contributed by atoms with E-state index in [9.17, 15) is 4.79 Å². The zero-order valence-corrected chi connectivity index (χ0v) is 9.23. The van der Waals surface area contributed by atoms with Crippen molar-refractivity contribution >= 4 is 5.91 Å². The van der Waals surface area contributed by atoms with Gasteiger partial charge in [-0.05, 0) is 30.4 Å². The van der Waals surface area contributed by atoms with Gasteiger partial charge in [-0.2, -0.15) is 0 Å². The number of fused-ring (bicyclic) bond motifs is 1. The summed E-state index contributed by atoms with van der Waals surface area (Å²) in [5.74, 6) is 0.113. The lowest BCUT2D eigenvalue weighted by Crippen LogP contribution is -2.61. The van der Waals surface area contributed by atoms with Gasteiger partial charge >= 0.3 is 0 Å². The van der Waals surface area contributed by atoms with Gasteiger partial charge in [0.15, 0.2) is 0 Å². The number of aryl methyl sites for hydroxylation is 1. The first-order valence-corrected chi connectivity index (χ1v) is 5.91. The lowest BCUT2D eigenvalue weighted by molar-refractivity contribution is -0.146. The smallest absolute Gasteiger partial charge is 0.241 e.